The first kappa shape index (κ1) is 22.4. The van der Waals surface area contributed by atoms with Crippen LogP contribution in [0.1, 0.15) is 18.6 Å². The maximum absolute atomic E-state index is 13.7. The molecule has 0 spiro atoms. The van der Waals surface area contributed by atoms with Gasteiger partial charge in [-0.2, -0.15) is 0 Å². The molecule has 1 unspecified atom stereocenters. The Labute approximate surface area is 201 Å². The second-order valence-electron chi connectivity index (χ2n) is 8.65. The van der Waals surface area contributed by atoms with Crippen molar-refractivity contribution in [3.05, 3.63) is 66.4 Å². The fourth-order valence-electron chi connectivity index (χ4n) is 4.85. The Balaban J connectivity index is 1.40. The monoisotopic (exact) mass is 476 g/mol. The van der Waals surface area contributed by atoms with Crippen molar-refractivity contribution in [1.29, 1.82) is 0 Å². The molecule has 174 valence electrons. The molecule has 34 heavy (non-hydrogen) atoms. The number of rotatable bonds is 7. The number of thioether (sulfide) groups is 1. The van der Waals surface area contributed by atoms with Crippen LogP contribution in [-0.4, -0.2) is 49.3 Å². The predicted octanol–water partition coefficient (Wildman–Crippen LogP) is 3.51. The average molecular weight is 477 g/mol. The van der Waals surface area contributed by atoms with Crippen molar-refractivity contribution < 1.29 is 18.6 Å². The third kappa shape index (κ3) is 4.01. The number of hydrogen-bond donors (Lipinski definition) is 1. The molecule has 1 aliphatic rings. The van der Waals surface area contributed by atoms with Crippen molar-refractivity contribution >= 4 is 34.6 Å². The molecule has 2 aromatic carbocycles. The van der Waals surface area contributed by atoms with Gasteiger partial charge < -0.3 is 14.8 Å². The van der Waals surface area contributed by atoms with E-state index in [0.717, 1.165) is 28.2 Å². The molecular formula is C25H26N5O3S+. The van der Waals surface area contributed by atoms with Crippen molar-refractivity contribution in [2.75, 3.05) is 12.3 Å². The van der Waals surface area contributed by atoms with Crippen LogP contribution in [0.5, 0.6) is 0 Å². The zero-order valence-electron chi connectivity index (χ0n) is 18.9. The second kappa shape index (κ2) is 9.08. The van der Waals surface area contributed by atoms with Gasteiger partial charge in [-0.05, 0) is 12.1 Å². The number of aryl methyl sites for hydroxylation is 1. The molecule has 3 heterocycles. The average Bonchev–Trinajstić information content (AvgIpc) is 3.57. The van der Waals surface area contributed by atoms with Gasteiger partial charge in [-0.3, -0.25) is 4.79 Å². The Morgan fingerprint density at radius 1 is 1.18 bits per heavy atom. The number of hydrogen-bond acceptors (Lipinski definition) is 6. The minimum absolute atomic E-state index is 0.0459. The molecule has 5 rings (SSSR count). The summed E-state index contributed by atoms with van der Waals surface area (Å²) in [6, 6.07) is 18.8. The molecular weight excluding hydrogens is 450 g/mol. The van der Waals surface area contributed by atoms with Crippen LogP contribution in [0.25, 0.3) is 22.3 Å². The summed E-state index contributed by atoms with van der Waals surface area (Å²) in [6.45, 7) is 0.784. The highest BCUT2D eigenvalue weighted by atomic mass is 32.2. The molecule has 0 aliphatic carbocycles. The number of carbonyl (C=O) groups is 2. The quantitative estimate of drug-likeness (QED) is 0.323. The molecule has 1 fully saturated rings. The number of benzene rings is 2. The topological polar surface area (TPSA) is 104 Å². The Morgan fingerprint density at radius 3 is 2.71 bits per heavy atom. The van der Waals surface area contributed by atoms with Gasteiger partial charge in [0.25, 0.3) is 5.91 Å². The van der Waals surface area contributed by atoms with Crippen LogP contribution in [-0.2, 0) is 23.2 Å². The first-order valence-electron chi connectivity index (χ1n) is 11.2. The van der Waals surface area contributed by atoms with Crippen LogP contribution in [0.2, 0.25) is 0 Å². The number of quaternary nitrogens is 1. The van der Waals surface area contributed by atoms with Gasteiger partial charge in [-0.15, -0.1) is 0 Å². The molecule has 2 amide bonds. The van der Waals surface area contributed by atoms with E-state index in [1.165, 1.54) is 11.8 Å². The van der Waals surface area contributed by atoms with Crippen LogP contribution >= 0.6 is 11.8 Å². The Morgan fingerprint density at radius 2 is 1.94 bits per heavy atom. The van der Waals surface area contributed by atoms with E-state index in [2.05, 4.69) is 10.1 Å². The van der Waals surface area contributed by atoms with Gasteiger partial charge in [-0.25, -0.2) is 14.3 Å². The number of aromatic nitrogens is 3. The zero-order valence-corrected chi connectivity index (χ0v) is 19.7. The van der Waals surface area contributed by atoms with Gasteiger partial charge in [0.05, 0.1) is 17.6 Å². The molecule has 0 bridgehead atoms. The zero-order chi connectivity index (χ0) is 23.7. The maximum atomic E-state index is 13.7. The number of amides is 2. The fraction of sp³-hybridized carbons (Fsp3) is 0.280. The van der Waals surface area contributed by atoms with Gasteiger partial charge in [0.2, 0.25) is 0 Å². The lowest BCUT2D eigenvalue weighted by molar-refractivity contribution is -0.870. The standard InChI is InChI=1S/C25H25N5O3S/c1-29-21-11-6-5-10-19(21)27-25(29)34-16-23(31)30(13-7-12-22(30)24(26)32)15-18-14-20(28-33-18)17-8-3-2-4-9-17/h2-6,8-11,14,22H,7,12-13,15-16H2,1H3,(H-,26,32)/p+1/t22-,30?/m0/s1. The lowest BCUT2D eigenvalue weighted by atomic mass is 10.1. The summed E-state index contributed by atoms with van der Waals surface area (Å²) in [4.78, 5) is 30.7. The highest BCUT2D eigenvalue weighted by Gasteiger charge is 2.51. The summed E-state index contributed by atoms with van der Waals surface area (Å²) < 4.78 is 7.55. The van der Waals surface area contributed by atoms with Crippen molar-refractivity contribution in [1.82, 2.24) is 14.7 Å². The summed E-state index contributed by atoms with van der Waals surface area (Å²) in [6.07, 6.45) is 1.33. The smallest absolute Gasteiger partial charge is 0.325 e. The minimum atomic E-state index is -0.584. The van der Waals surface area contributed by atoms with Crippen LogP contribution < -0.4 is 5.73 Å². The minimum Gasteiger partial charge on any atom is -0.364 e. The highest BCUT2D eigenvalue weighted by molar-refractivity contribution is 7.99. The number of nitrogens with two attached hydrogens (primary N) is 1. The second-order valence-corrected chi connectivity index (χ2v) is 9.59. The summed E-state index contributed by atoms with van der Waals surface area (Å²) in [5.74, 6) is 0.228. The van der Waals surface area contributed by atoms with E-state index in [1.807, 2.05) is 72.3 Å². The maximum Gasteiger partial charge on any atom is 0.325 e. The van der Waals surface area contributed by atoms with E-state index in [0.29, 0.717) is 24.4 Å². The van der Waals surface area contributed by atoms with Crippen LogP contribution in [0.4, 0.5) is 0 Å². The van der Waals surface area contributed by atoms with Gasteiger partial charge in [-0.1, -0.05) is 59.4 Å². The molecule has 4 aromatic rings. The van der Waals surface area contributed by atoms with E-state index < -0.39 is 11.9 Å². The molecule has 9 heteroatoms. The number of carbonyl (C=O) groups excluding carboxylic acids is 2. The van der Waals surface area contributed by atoms with Crippen molar-refractivity contribution in [3.8, 4) is 11.3 Å². The lowest BCUT2D eigenvalue weighted by Crippen LogP contribution is -2.60. The van der Waals surface area contributed by atoms with Gasteiger partial charge in [0.1, 0.15) is 18.0 Å². The molecule has 2 aromatic heterocycles. The molecule has 2 N–H and O–H groups in total. The molecule has 1 aliphatic heterocycles. The fourth-order valence-corrected chi connectivity index (χ4v) is 5.81. The van der Waals surface area contributed by atoms with Crippen molar-refractivity contribution in [3.63, 3.8) is 0 Å². The molecule has 2 atom stereocenters. The Bertz CT molecular complexity index is 1350. The number of imidazole rings is 1. The SMILES string of the molecule is Cn1c(SCC(=O)[N+]2(Cc3cc(-c4ccccc4)no3)CCC[C@H]2C(N)=O)nc2ccccc21. The first-order chi connectivity index (χ1) is 16.5. The van der Waals surface area contributed by atoms with E-state index in [1.54, 1.807) is 0 Å². The molecule has 1 saturated heterocycles. The third-order valence-corrected chi connectivity index (χ3v) is 7.61. The van der Waals surface area contributed by atoms with Crippen LogP contribution in [0.3, 0.4) is 0 Å². The van der Waals surface area contributed by atoms with E-state index in [-0.39, 0.29) is 22.7 Å². The van der Waals surface area contributed by atoms with Crippen LogP contribution in [0, 0.1) is 0 Å². The number of fused-ring (bicyclic) bond motifs is 1. The molecule has 0 radical (unpaired) electrons. The Kier molecular flexibility index (Phi) is 5.97. The molecule has 8 nitrogen and oxygen atoms in total. The first-order valence-corrected chi connectivity index (χ1v) is 12.2. The summed E-state index contributed by atoms with van der Waals surface area (Å²) in [5.41, 5.74) is 9.29. The summed E-state index contributed by atoms with van der Waals surface area (Å²) in [5, 5.41) is 4.95. The van der Waals surface area contributed by atoms with Crippen molar-refractivity contribution in [2.24, 2.45) is 12.8 Å². The van der Waals surface area contributed by atoms with Crippen molar-refractivity contribution in [2.45, 2.75) is 30.6 Å². The van der Waals surface area contributed by atoms with Gasteiger partial charge in [0, 0.05) is 31.5 Å². The summed E-state index contributed by atoms with van der Waals surface area (Å²) in [7, 11) is 1.94. The number of likely N-dealkylation sites (tertiary alicyclic amines) is 1. The third-order valence-electron chi connectivity index (χ3n) is 6.59. The van der Waals surface area contributed by atoms with E-state index in [9.17, 15) is 9.59 Å². The highest BCUT2D eigenvalue weighted by Crippen LogP contribution is 2.34. The van der Waals surface area contributed by atoms with Gasteiger partial charge in [0.15, 0.2) is 17.0 Å². The normalized spacial score (nSPS) is 20.1. The van der Waals surface area contributed by atoms with E-state index in [4.69, 9.17) is 10.3 Å². The number of nitrogens with zero attached hydrogens (tertiary/aromatic N) is 4. The predicted molar refractivity (Wildman–Crippen MR) is 129 cm³/mol. The lowest BCUT2D eigenvalue weighted by Gasteiger charge is -2.34. The van der Waals surface area contributed by atoms with Crippen LogP contribution in [0.15, 0.2) is 70.3 Å². The summed E-state index contributed by atoms with van der Waals surface area (Å²) >= 11 is 1.38. The molecule has 0 saturated carbocycles. The largest absolute Gasteiger partial charge is 0.364 e. The number of primary amides is 1. The Hall–Kier alpha value is -3.43. The van der Waals surface area contributed by atoms with Gasteiger partial charge >= 0.3 is 5.91 Å². The number of para-hydroxylation sites is 2. The van der Waals surface area contributed by atoms with E-state index >= 15 is 0 Å².